The third-order valence-electron chi connectivity index (χ3n) is 4.96. The molecule has 0 radical (unpaired) electrons. The van der Waals surface area contributed by atoms with Gasteiger partial charge in [0.2, 0.25) is 0 Å². The van der Waals surface area contributed by atoms with Crippen molar-refractivity contribution < 1.29 is 23.8 Å². The maximum atomic E-state index is 13.0. The zero-order valence-corrected chi connectivity index (χ0v) is 18.1. The van der Waals surface area contributed by atoms with Crippen LogP contribution in [-0.4, -0.2) is 68.6 Å². The van der Waals surface area contributed by atoms with Crippen molar-refractivity contribution in [3.63, 3.8) is 0 Å². The van der Waals surface area contributed by atoms with E-state index in [1.807, 2.05) is 6.92 Å². The molecule has 0 aromatic heterocycles. The van der Waals surface area contributed by atoms with E-state index >= 15 is 0 Å². The van der Waals surface area contributed by atoms with E-state index in [0.717, 1.165) is 0 Å². The van der Waals surface area contributed by atoms with Crippen LogP contribution in [0.4, 0.5) is 0 Å². The van der Waals surface area contributed by atoms with Gasteiger partial charge in [0, 0.05) is 37.3 Å². The lowest BCUT2D eigenvalue weighted by Gasteiger charge is -2.35. The Morgan fingerprint density at radius 1 is 0.900 bits per heavy atom. The topological polar surface area (TPSA) is 68.3 Å². The van der Waals surface area contributed by atoms with Crippen LogP contribution in [-0.2, 0) is 0 Å². The molecule has 1 fully saturated rings. The van der Waals surface area contributed by atoms with Gasteiger partial charge in [0.15, 0.2) is 11.5 Å². The van der Waals surface area contributed by atoms with Gasteiger partial charge in [-0.1, -0.05) is 11.6 Å². The fraction of sp³-hybridized carbons (Fsp3) is 0.364. The summed E-state index contributed by atoms with van der Waals surface area (Å²) in [6, 6.07) is 10.2. The minimum Gasteiger partial charge on any atom is -0.497 e. The molecule has 2 aromatic rings. The number of hydrogen-bond acceptors (Lipinski definition) is 5. The Morgan fingerprint density at radius 2 is 1.47 bits per heavy atom. The van der Waals surface area contributed by atoms with Crippen LogP contribution in [0.3, 0.4) is 0 Å². The molecular formula is C22H25ClN2O5. The van der Waals surface area contributed by atoms with Crippen LogP contribution in [0, 0.1) is 0 Å². The lowest BCUT2D eigenvalue weighted by molar-refractivity contribution is 0.0535. The van der Waals surface area contributed by atoms with E-state index in [9.17, 15) is 9.59 Å². The summed E-state index contributed by atoms with van der Waals surface area (Å²) in [5.41, 5.74) is 1.02. The molecule has 0 atom stereocenters. The SMILES string of the molecule is CCOc1c(Cl)cc(C(=O)N2CCN(C(=O)c3ccc(OC)cc3)CC2)cc1OC. The molecule has 2 amide bonds. The zero-order chi connectivity index (χ0) is 21.7. The van der Waals surface area contributed by atoms with Gasteiger partial charge in [-0.15, -0.1) is 0 Å². The van der Waals surface area contributed by atoms with Gasteiger partial charge in [-0.3, -0.25) is 9.59 Å². The third kappa shape index (κ3) is 4.62. The van der Waals surface area contributed by atoms with Gasteiger partial charge in [-0.25, -0.2) is 0 Å². The van der Waals surface area contributed by atoms with Gasteiger partial charge in [0.1, 0.15) is 5.75 Å². The molecule has 2 aromatic carbocycles. The molecule has 1 heterocycles. The van der Waals surface area contributed by atoms with Crippen LogP contribution >= 0.6 is 11.6 Å². The van der Waals surface area contributed by atoms with Gasteiger partial charge >= 0.3 is 0 Å². The van der Waals surface area contributed by atoms with Crippen molar-refractivity contribution >= 4 is 23.4 Å². The number of carbonyl (C=O) groups is 2. The first-order chi connectivity index (χ1) is 14.5. The minimum atomic E-state index is -0.158. The summed E-state index contributed by atoms with van der Waals surface area (Å²) in [4.78, 5) is 29.1. The van der Waals surface area contributed by atoms with Crippen molar-refractivity contribution in [2.24, 2.45) is 0 Å². The molecule has 160 valence electrons. The van der Waals surface area contributed by atoms with Gasteiger partial charge in [-0.2, -0.15) is 0 Å². The Balaban J connectivity index is 1.66. The van der Waals surface area contributed by atoms with Crippen molar-refractivity contribution in [2.75, 3.05) is 47.0 Å². The van der Waals surface area contributed by atoms with E-state index in [1.165, 1.54) is 7.11 Å². The molecule has 0 unspecified atom stereocenters. The first-order valence-corrected chi connectivity index (χ1v) is 10.1. The molecule has 1 saturated heterocycles. The van der Waals surface area contributed by atoms with Crippen molar-refractivity contribution in [2.45, 2.75) is 6.92 Å². The van der Waals surface area contributed by atoms with Gasteiger partial charge < -0.3 is 24.0 Å². The summed E-state index contributed by atoms with van der Waals surface area (Å²) in [5, 5.41) is 0.327. The number of rotatable bonds is 6. The van der Waals surface area contributed by atoms with Crippen LogP contribution < -0.4 is 14.2 Å². The molecule has 0 saturated carbocycles. The number of hydrogen-bond donors (Lipinski definition) is 0. The summed E-state index contributed by atoms with van der Waals surface area (Å²) in [5.74, 6) is 1.32. The Bertz CT molecular complexity index is 908. The van der Waals surface area contributed by atoms with E-state index in [-0.39, 0.29) is 11.8 Å². The second kappa shape index (κ2) is 9.71. The number of ether oxygens (including phenoxy) is 3. The fourth-order valence-corrected chi connectivity index (χ4v) is 3.60. The molecule has 3 rings (SSSR count). The van der Waals surface area contributed by atoms with E-state index in [1.54, 1.807) is 53.3 Å². The van der Waals surface area contributed by atoms with E-state index in [2.05, 4.69) is 0 Å². The highest BCUT2D eigenvalue weighted by molar-refractivity contribution is 6.32. The highest BCUT2D eigenvalue weighted by atomic mass is 35.5. The fourth-order valence-electron chi connectivity index (χ4n) is 3.34. The van der Waals surface area contributed by atoms with Crippen LogP contribution in [0.5, 0.6) is 17.2 Å². The number of nitrogens with zero attached hydrogens (tertiary/aromatic N) is 2. The Morgan fingerprint density at radius 3 is 1.97 bits per heavy atom. The van der Waals surface area contributed by atoms with Crippen LogP contribution in [0.25, 0.3) is 0 Å². The predicted octanol–water partition coefficient (Wildman–Crippen LogP) is 3.35. The van der Waals surface area contributed by atoms with Gasteiger partial charge in [-0.05, 0) is 43.3 Å². The molecule has 0 bridgehead atoms. The van der Waals surface area contributed by atoms with E-state index in [0.29, 0.717) is 66.2 Å². The zero-order valence-electron chi connectivity index (χ0n) is 17.3. The molecule has 0 N–H and O–H groups in total. The standard InChI is InChI=1S/C22H25ClN2O5/c1-4-30-20-18(23)13-16(14-19(20)29-3)22(27)25-11-9-24(10-12-25)21(26)15-5-7-17(28-2)8-6-15/h5-8,13-14H,4,9-12H2,1-3H3. The van der Waals surface area contributed by atoms with Crippen molar-refractivity contribution in [1.29, 1.82) is 0 Å². The van der Waals surface area contributed by atoms with Crippen molar-refractivity contribution in [3.8, 4) is 17.2 Å². The molecule has 1 aliphatic rings. The molecule has 30 heavy (non-hydrogen) atoms. The second-order valence-electron chi connectivity index (χ2n) is 6.74. The van der Waals surface area contributed by atoms with Crippen molar-refractivity contribution in [3.05, 3.63) is 52.5 Å². The maximum Gasteiger partial charge on any atom is 0.254 e. The monoisotopic (exact) mass is 432 g/mol. The van der Waals surface area contributed by atoms with E-state index < -0.39 is 0 Å². The molecule has 7 nitrogen and oxygen atoms in total. The summed E-state index contributed by atoms with van der Waals surface area (Å²) in [7, 11) is 3.09. The van der Waals surface area contributed by atoms with Crippen molar-refractivity contribution in [1.82, 2.24) is 9.80 Å². The molecule has 8 heteroatoms. The largest absolute Gasteiger partial charge is 0.497 e. The number of benzene rings is 2. The quantitative estimate of drug-likeness (QED) is 0.700. The third-order valence-corrected chi connectivity index (χ3v) is 5.24. The lowest BCUT2D eigenvalue weighted by Crippen LogP contribution is -2.50. The summed E-state index contributed by atoms with van der Waals surface area (Å²) >= 11 is 6.29. The smallest absolute Gasteiger partial charge is 0.254 e. The summed E-state index contributed by atoms with van der Waals surface area (Å²) in [6.07, 6.45) is 0. The van der Waals surface area contributed by atoms with Crippen LogP contribution in [0.15, 0.2) is 36.4 Å². The number of halogens is 1. The molecule has 0 spiro atoms. The Hall–Kier alpha value is -2.93. The van der Waals surface area contributed by atoms with Crippen LogP contribution in [0.2, 0.25) is 5.02 Å². The van der Waals surface area contributed by atoms with E-state index in [4.69, 9.17) is 25.8 Å². The average molecular weight is 433 g/mol. The van der Waals surface area contributed by atoms with Crippen LogP contribution in [0.1, 0.15) is 27.6 Å². The molecule has 0 aliphatic carbocycles. The average Bonchev–Trinajstić information content (AvgIpc) is 2.79. The normalized spacial score (nSPS) is 13.7. The van der Waals surface area contributed by atoms with Gasteiger partial charge in [0.05, 0.1) is 25.8 Å². The number of amides is 2. The lowest BCUT2D eigenvalue weighted by atomic mass is 10.1. The highest BCUT2D eigenvalue weighted by Gasteiger charge is 2.26. The number of carbonyl (C=O) groups excluding carboxylic acids is 2. The first-order valence-electron chi connectivity index (χ1n) is 9.71. The van der Waals surface area contributed by atoms with Gasteiger partial charge in [0.25, 0.3) is 11.8 Å². The molecular weight excluding hydrogens is 408 g/mol. The number of methoxy groups -OCH3 is 2. The number of piperazine rings is 1. The summed E-state index contributed by atoms with van der Waals surface area (Å²) in [6.45, 7) is 4.08. The molecule has 1 aliphatic heterocycles. The maximum absolute atomic E-state index is 13.0. The second-order valence-corrected chi connectivity index (χ2v) is 7.14. The minimum absolute atomic E-state index is 0.0597. The Labute approximate surface area is 181 Å². The Kier molecular flexibility index (Phi) is 7.05. The predicted molar refractivity (Wildman–Crippen MR) is 114 cm³/mol. The highest BCUT2D eigenvalue weighted by Crippen LogP contribution is 2.36. The summed E-state index contributed by atoms with van der Waals surface area (Å²) < 4.78 is 16.0. The first kappa shape index (κ1) is 21.8.